The molecule has 1 aromatic carbocycles. The third kappa shape index (κ3) is 2.65. The van der Waals surface area contributed by atoms with Crippen molar-refractivity contribution in [1.82, 2.24) is 0 Å². The predicted octanol–water partition coefficient (Wildman–Crippen LogP) is 2.77. The first kappa shape index (κ1) is 15.7. The quantitative estimate of drug-likeness (QED) is 0.748. The molecule has 0 saturated heterocycles. The van der Waals surface area contributed by atoms with Crippen LogP contribution in [0.4, 0.5) is 0 Å². The topological polar surface area (TPSA) is 60.7 Å². The number of hydrogen-bond acceptors (Lipinski definition) is 3. The van der Waals surface area contributed by atoms with Crippen LogP contribution >= 0.6 is 23.2 Å². The Balaban J connectivity index is 3.80. The average molecular weight is 293 g/mol. The van der Waals surface area contributed by atoms with Gasteiger partial charge in [-0.25, -0.2) is 0 Å². The molecular weight excluding hydrogens is 275 g/mol. The minimum atomic E-state index is -2.89. The maximum atomic E-state index is 9.56. The first-order chi connectivity index (χ1) is 8.29. The van der Waals surface area contributed by atoms with Crippen LogP contribution in [0.3, 0.4) is 0 Å². The fraction of sp³-hybridized carbons (Fsp3) is 0.538. The summed E-state index contributed by atoms with van der Waals surface area (Å²) >= 11 is 12.4. The van der Waals surface area contributed by atoms with Crippen LogP contribution in [0.2, 0.25) is 10.0 Å². The fourth-order valence-corrected chi connectivity index (χ4v) is 3.04. The van der Waals surface area contributed by atoms with Gasteiger partial charge in [0.25, 0.3) is 0 Å². The van der Waals surface area contributed by atoms with Crippen molar-refractivity contribution in [3.05, 3.63) is 32.3 Å². The zero-order valence-electron chi connectivity index (χ0n) is 10.7. The van der Waals surface area contributed by atoms with Crippen LogP contribution < -0.4 is 0 Å². The minimum absolute atomic E-state index is 0.0683. The van der Waals surface area contributed by atoms with E-state index in [2.05, 4.69) is 0 Å². The van der Waals surface area contributed by atoms with Gasteiger partial charge in [-0.1, -0.05) is 44.0 Å². The molecule has 102 valence electrons. The first-order valence-corrected chi connectivity index (χ1v) is 6.74. The number of halogens is 2. The molecule has 0 aromatic heterocycles. The molecule has 0 aliphatic carbocycles. The zero-order valence-corrected chi connectivity index (χ0v) is 12.2. The summed E-state index contributed by atoms with van der Waals surface area (Å²) in [6.45, 7) is 5.59. The van der Waals surface area contributed by atoms with E-state index in [0.717, 1.165) is 5.56 Å². The second kappa shape index (κ2) is 5.76. The van der Waals surface area contributed by atoms with Crippen molar-refractivity contribution < 1.29 is 15.3 Å². The molecule has 1 rings (SSSR count). The van der Waals surface area contributed by atoms with Crippen LogP contribution in [0, 0.1) is 0 Å². The Bertz CT molecular complexity index is 451. The number of rotatable bonds is 4. The average Bonchev–Trinajstić information content (AvgIpc) is 2.30. The SMILES string of the molecule is CCc1c(Cl)c(Cl)c(CC)c(C(O)(O)O)c1CC. The van der Waals surface area contributed by atoms with Crippen molar-refractivity contribution in [2.24, 2.45) is 0 Å². The second-order valence-electron chi connectivity index (χ2n) is 4.13. The highest BCUT2D eigenvalue weighted by molar-refractivity contribution is 6.43. The van der Waals surface area contributed by atoms with Crippen LogP contribution in [0.25, 0.3) is 0 Å². The number of aliphatic hydroxyl groups is 3. The van der Waals surface area contributed by atoms with Gasteiger partial charge in [0.05, 0.1) is 10.0 Å². The molecule has 0 unspecified atom stereocenters. The van der Waals surface area contributed by atoms with E-state index >= 15 is 0 Å². The Labute approximate surface area is 117 Å². The zero-order chi connectivity index (χ0) is 14.1. The fourth-order valence-electron chi connectivity index (χ4n) is 2.34. The Morgan fingerprint density at radius 2 is 1.17 bits per heavy atom. The molecule has 0 radical (unpaired) electrons. The molecule has 3 N–H and O–H groups in total. The van der Waals surface area contributed by atoms with Crippen molar-refractivity contribution in [3.63, 3.8) is 0 Å². The first-order valence-electron chi connectivity index (χ1n) is 5.98. The highest BCUT2D eigenvalue weighted by atomic mass is 35.5. The molecule has 5 heteroatoms. The number of hydrogen-bond donors (Lipinski definition) is 3. The standard InChI is InChI=1S/C13H18Cl2O3/c1-4-7-8(5-2)11(14)12(15)9(6-3)10(7)13(16,17)18/h16-18H,4-6H2,1-3H3. The van der Waals surface area contributed by atoms with Crippen LogP contribution in [0.5, 0.6) is 0 Å². The van der Waals surface area contributed by atoms with E-state index in [-0.39, 0.29) is 10.6 Å². The summed E-state index contributed by atoms with van der Waals surface area (Å²) in [5.74, 6) is -2.89. The van der Waals surface area contributed by atoms with Gasteiger partial charge in [-0.05, 0) is 36.0 Å². The summed E-state index contributed by atoms with van der Waals surface area (Å²) < 4.78 is 0. The maximum absolute atomic E-state index is 9.56. The molecule has 0 atom stereocenters. The minimum Gasteiger partial charge on any atom is -0.340 e. The summed E-state index contributed by atoms with van der Waals surface area (Å²) in [5, 5.41) is 29.4. The van der Waals surface area contributed by atoms with E-state index in [1.165, 1.54) is 0 Å². The monoisotopic (exact) mass is 292 g/mol. The van der Waals surface area contributed by atoms with E-state index in [1.807, 2.05) is 20.8 Å². The van der Waals surface area contributed by atoms with Crippen molar-refractivity contribution in [3.8, 4) is 0 Å². The lowest BCUT2D eigenvalue weighted by Gasteiger charge is -2.25. The molecule has 0 amide bonds. The highest BCUT2D eigenvalue weighted by Gasteiger charge is 2.32. The number of benzene rings is 1. The van der Waals surface area contributed by atoms with Crippen LogP contribution in [-0.4, -0.2) is 15.3 Å². The molecule has 0 aliphatic heterocycles. The smallest absolute Gasteiger partial charge is 0.305 e. The molecule has 18 heavy (non-hydrogen) atoms. The van der Waals surface area contributed by atoms with Crippen molar-refractivity contribution in [2.75, 3.05) is 0 Å². The van der Waals surface area contributed by atoms with E-state index in [1.54, 1.807) is 0 Å². The normalized spacial score (nSPS) is 12.0. The molecular formula is C13H18Cl2O3. The van der Waals surface area contributed by atoms with Gasteiger partial charge in [0.2, 0.25) is 0 Å². The molecule has 3 nitrogen and oxygen atoms in total. The van der Waals surface area contributed by atoms with Crippen molar-refractivity contribution in [1.29, 1.82) is 0 Å². The lowest BCUT2D eigenvalue weighted by molar-refractivity contribution is -0.324. The molecule has 0 bridgehead atoms. The third-order valence-electron chi connectivity index (χ3n) is 3.09. The van der Waals surface area contributed by atoms with Gasteiger partial charge in [-0.3, -0.25) is 0 Å². The Hall–Kier alpha value is -0.320. The van der Waals surface area contributed by atoms with E-state index in [0.29, 0.717) is 35.4 Å². The van der Waals surface area contributed by atoms with E-state index < -0.39 is 5.97 Å². The summed E-state index contributed by atoms with van der Waals surface area (Å²) in [7, 11) is 0. The third-order valence-corrected chi connectivity index (χ3v) is 4.02. The Morgan fingerprint density at radius 3 is 1.50 bits per heavy atom. The van der Waals surface area contributed by atoms with Gasteiger partial charge in [-0.15, -0.1) is 0 Å². The van der Waals surface area contributed by atoms with Gasteiger partial charge in [0.1, 0.15) is 0 Å². The summed E-state index contributed by atoms with van der Waals surface area (Å²) in [5.41, 5.74) is 1.94. The van der Waals surface area contributed by atoms with Crippen molar-refractivity contribution >= 4 is 23.2 Å². The highest BCUT2D eigenvalue weighted by Crippen LogP contribution is 2.39. The lowest BCUT2D eigenvalue weighted by Crippen LogP contribution is -2.28. The Morgan fingerprint density at radius 1 is 0.778 bits per heavy atom. The molecule has 0 heterocycles. The van der Waals surface area contributed by atoms with Crippen LogP contribution in [0.15, 0.2) is 0 Å². The maximum Gasteiger partial charge on any atom is 0.305 e. The molecule has 1 aromatic rings. The van der Waals surface area contributed by atoms with E-state index in [9.17, 15) is 15.3 Å². The summed E-state index contributed by atoms with van der Waals surface area (Å²) in [4.78, 5) is 0. The van der Waals surface area contributed by atoms with Crippen LogP contribution in [0.1, 0.15) is 43.0 Å². The Kier molecular flexibility index (Phi) is 5.04. The predicted molar refractivity (Wildman–Crippen MR) is 72.9 cm³/mol. The molecule has 0 aliphatic rings. The van der Waals surface area contributed by atoms with Gasteiger partial charge >= 0.3 is 5.97 Å². The lowest BCUT2D eigenvalue weighted by atomic mass is 9.90. The van der Waals surface area contributed by atoms with Gasteiger partial charge < -0.3 is 15.3 Å². The molecule has 0 saturated carbocycles. The van der Waals surface area contributed by atoms with Crippen molar-refractivity contribution in [2.45, 2.75) is 46.0 Å². The summed E-state index contributed by atoms with van der Waals surface area (Å²) in [6, 6.07) is 0. The van der Waals surface area contributed by atoms with Gasteiger partial charge in [0.15, 0.2) is 0 Å². The molecule has 0 fully saturated rings. The molecule has 0 spiro atoms. The second-order valence-corrected chi connectivity index (χ2v) is 4.89. The summed E-state index contributed by atoms with van der Waals surface area (Å²) in [6.07, 6.45) is 1.59. The van der Waals surface area contributed by atoms with Gasteiger partial charge in [-0.2, -0.15) is 0 Å². The largest absolute Gasteiger partial charge is 0.340 e. The van der Waals surface area contributed by atoms with Gasteiger partial charge in [0, 0.05) is 5.56 Å². The van der Waals surface area contributed by atoms with Crippen LogP contribution in [-0.2, 0) is 25.2 Å². The van der Waals surface area contributed by atoms with E-state index in [4.69, 9.17) is 23.2 Å².